The predicted octanol–water partition coefficient (Wildman–Crippen LogP) is -0.0459. The van der Waals surface area contributed by atoms with E-state index in [0.29, 0.717) is 11.3 Å². The Bertz CT molecular complexity index is 409. The maximum atomic E-state index is 5.42. The van der Waals surface area contributed by atoms with E-state index in [1.54, 1.807) is 5.51 Å². The van der Waals surface area contributed by atoms with Crippen molar-refractivity contribution in [3.05, 3.63) is 5.51 Å². The van der Waals surface area contributed by atoms with Crippen molar-refractivity contribution in [2.45, 2.75) is 0 Å². The van der Waals surface area contributed by atoms with Crippen molar-refractivity contribution in [3.8, 4) is 0 Å². The summed E-state index contributed by atoms with van der Waals surface area (Å²) in [6.45, 7) is 0. The number of nitrogens with one attached hydrogen (secondary N) is 1. The lowest BCUT2D eigenvalue weighted by Gasteiger charge is -1.99. The van der Waals surface area contributed by atoms with E-state index >= 15 is 0 Å². The van der Waals surface area contributed by atoms with Crippen molar-refractivity contribution < 1.29 is 0 Å². The summed E-state index contributed by atoms with van der Waals surface area (Å²) in [7, 11) is 0. The molecule has 7 heteroatoms. The van der Waals surface area contributed by atoms with Crippen LogP contribution in [0.4, 0.5) is 11.8 Å². The molecule has 62 valence electrons. The molecule has 12 heavy (non-hydrogen) atoms. The fourth-order valence-corrected chi connectivity index (χ4v) is 1.54. The molecule has 2 heterocycles. The van der Waals surface area contributed by atoms with Gasteiger partial charge in [0.15, 0.2) is 10.6 Å². The van der Waals surface area contributed by atoms with Gasteiger partial charge in [0.05, 0.1) is 5.51 Å². The number of nitrogens with zero attached hydrogens (tertiary/aromatic N) is 3. The van der Waals surface area contributed by atoms with Gasteiger partial charge in [-0.1, -0.05) is 0 Å². The zero-order valence-corrected chi connectivity index (χ0v) is 6.80. The molecule has 6 nitrogen and oxygen atoms in total. The summed E-state index contributed by atoms with van der Waals surface area (Å²) in [6, 6.07) is 0. The number of fused-ring (bicyclic) bond motifs is 1. The van der Waals surface area contributed by atoms with Crippen LogP contribution < -0.4 is 17.0 Å². The van der Waals surface area contributed by atoms with Crippen molar-refractivity contribution in [2.24, 2.45) is 5.84 Å². The van der Waals surface area contributed by atoms with Gasteiger partial charge in [-0.3, -0.25) is 0 Å². The second-order valence-electron chi connectivity index (χ2n) is 2.08. The summed E-state index contributed by atoms with van der Waals surface area (Å²) in [6.07, 6.45) is 0. The third-order valence-electron chi connectivity index (χ3n) is 1.35. The van der Waals surface area contributed by atoms with Gasteiger partial charge in [0.1, 0.15) is 5.52 Å². The van der Waals surface area contributed by atoms with Crippen LogP contribution in [0.5, 0.6) is 0 Å². The van der Waals surface area contributed by atoms with E-state index in [-0.39, 0.29) is 5.95 Å². The molecule has 0 saturated carbocycles. The molecule has 2 rings (SSSR count). The average molecular weight is 182 g/mol. The maximum absolute atomic E-state index is 5.42. The van der Waals surface area contributed by atoms with E-state index in [0.717, 1.165) is 4.83 Å². The molecule has 2 aromatic rings. The molecule has 0 saturated heterocycles. The Balaban J connectivity index is 2.80. The molecule has 0 amide bonds. The molecule has 0 aliphatic rings. The number of hydrogen-bond donors (Lipinski definition) is 3. The lowest BCUT2D eigenvalue weighted by molar-refractivity contribution is 1.19. The van der Waals surface area contributed by atoms with Crippen LogP contribution in [-0.2, 0) is 0 Å². The van der Waals surface area contributed by atoms with Gasteiger partial charge in [0.25, 0.3) is 0 Å². The first-order valence-corrected chi connectivity index (χ1v) is 4.02. The maximum Gasteiger partial charge on any atom is 0.223 e. The smallest absolute Gasteiger partial charge is 0.223 e. The zero-order chi connectivity index (χ0) is 8.55. The zero-order valence-electron chi connectivity index (χ0n) is 5.98. The standard InChI is InChI=1S/C5H6N6S/c6-5-9-3(11-7)2-4(10-5)12-1-8-2/h1H,7H2,(H3,6,9,10,11). The van der Waals surface area contributed by atoms with Crippen LogP contribution in [-0.4, -0.2) is 15.0 Å². The number of hydrogen-bond acceptors (Lipinski definition) is 7. The van der Waals surface area contributed by atoms with Gasteiger partial charge in [-0.2, -0.15) is 4.98 Å². The monoisotopic (exact) mass is 182 g/mol. The second-order valence-corrected chi connectivity index (χ2v) is 2.91. The van der Waals surface area contributed by atoms with Gasteiger partial charge < -0.3 is 11.2 Å². The lowest BCUT2D eigenvalue weighted by atomic mass is 10.5. The van der Waals surface area contributed by atoms with E-state index < -0.39 is 0 Å². The molecule has 2 aromatic heterocycles. The van der Waals surface area contributed by atoms with Crippen LogP contribution in [0.2, 0.25) is 0 Å². The predicted molar refractivity (Wildman–Crippen MR) is 47.4 cm³/mol. The van der Waals surface area contributed by atoms with Crippen LogP contribution in [0.3, 0.4) is 0 Å². The van der Waals surface area contributed by atoms with Gasteiger partial charge in [-0.15, -0.1) is 11.3 Å². The van der Waals surface area contributed by atoms with Gasteiger partial charge in [-0.05, 0) is 0 Å². The molecule has 0 aromatic carbocycles. The summed E-state index contributed by atoms with van der Waals surface area (Å²) in [5, 5.41) is 0. The van der Waals surface area contributed by atoms with E-state index in [4.69, 9.17) is 11.6 Å². The van der Waals surface area contributed by atoms with Crippen LogP contribution in [0.15, 0.2) is 5.51 Å². The highest BCUT2D eigenvalue weighted by Gasteiger charge is 2.06. The fourth-order valence-electron chi connectivity index (χ4n) is 0.879. The number of anilines is 2. The Hall–Kier alpha value is -1.47. The number of rotatable bonds is 1. The van der Waals surface area contributed by atoms with Crippen molar-refractivity contribution >= 4 is 33.5 Å². The van der Waals surface area contributed by atoms with Crippen molar-refractivity contribution in [1.82, 2.24) is 15.0 Å². The SMILES string of the molecule is NNc1nc(N)nc2scnc12. The summed E-state index contributed by atoms with van der Waals surface area (Å²) < 4.78 is 0. The molecular formula is C5H6N6S. The number of nitrogen functional groups attached to an aromatic ring is 2. The highest BCUT2D eigenvalue weighted by atomic mass is 32.1. The summed E-state index contributed by atoms with van der Waals surface area (Å²) >= 11 is 1.39. The Morgan fingerprint density at radius 2 is 2.25 bits per heavy atom. The van der Waals surface area contributed by atoms with E-state index in [9.17, 15) is 0 Å². The minimum atomic E-state index is 0.194. The van der Waals surface area contributed by atoms with Crippen molar-refractivity contribution in [1.29, 1.82) is 0 Å². The first-order valence-electron chi connectivity index (χ1n) is 3.14. The Morgan fingerprint density at radius 3 is 3.00 bits per heavy atom. The van der Waals surface area contributed by atoms with Gasteiger partial charge in [0, 0.05) is 0 Å². The number of thiazole rings is 1. The molecule has 0 aliphatic carbocycles. The minimum absolute atomic E-state index is 0.194. The highest BCUT2D eigenvalue weighted by molar-refractivity contribution is 7.16. The van der Waals surface area contributed by atoms with Crippen LogP contribution >= 0.6 is 11.3 Å². The summed E-state index contributed by atoms with van der Waals surface area (Å²) in [5.74, 6) is 5.86. The molecule has 0 atom stereocenters. The van der Waals surface area contributed by atoms with E-state index in [2.05, 4.69) is 20.4 Å². The van der Waals surface area contributed by atoms with Crippen LogP contribution in [0, 0.1) is 0 Å². The first kappa shape index (κ1) is 7.19. The number of hydrazine groups is 1. The van der Waals surface area contributed by atoms with Crippen molar-refractivity contribution in [3.63, 3.8) is 0 Å². The van der Waals surface area contributed by atoms with Crippen LogP contribution in [0.1, 0.15) is 0 Å². The molecule has 0 aliphatic heterocycles. The van der Waals surface area contributed by atoms with Gasteiger partial charge in [0.2, 0.25) is 5.95 Å². The van der Waals surface area contributed by atoms with Gasteiger partial charge >= 0.3 is 0 Å². The van der Waals surface area contributed by atoms with E-state index in [1.165, 1.54) is 11.3 Å². The molecule has 0 radical (unpaired) electrons. The van der Waals surface area contributed by atoms with Crippen LogP contribution in [0.25, 0.3) is 10.3 Å². The van der Waals surface area contributed by atoms with Gasteiger partial charge in [-0.25, -0.2) is 15.8 Å². The lowest BCUT2D eigenvalue weighted by Crippen LogP contribution is -2.10. The third-order valence-corrected chi connectivity index (χ3v) is 2.07. The van der Waals surface area contributed by atoms with E-state index in [1.807, 2.05) is 0 Å². The molecule has 0 fully saturated rings. The minimum Gasteiger partial charge on any atom is -0.368 e. The first-order chi connectivity index (χ1) is 5.81. The molecule has 5 N–H and O–H groups in total. The Kier molecular flexibility index (Phi) is 1.52. The Morgan fingerprint density at radius 1 is 1.42 bits per heavy atom. The quantitative estimate of drug-likeness (QED) is 0.422. The molecule has 0 spiro atoms. The largest absolute Gasteiger partial charge is 0.368 e. The highest BCUT2D eigenvalue weighted by Crippen LogP contribution is 2.21. The summed E-state index contributed by atoms with van der Waals surface area (Å²) in [5.41, 5.74) is 10.1. The summed E-state index contributed by atoms with van der Waals surface area (Å²) in [4.78, 5) is 12.6. The molecule has 0 unspecified atom stereocenters. The average Bonchev–Trinajstić information content (AvgIpc) is 2.50. The molecular weight excluding hydrogens is 176 g/mol. The van der Waals surface area contributed by atoms with Crippen molar-refractivity contribution in [2.75, 3.05) is 11.2 Å². The topological polar surface area (TPSA) is 103 Å². The molecule has 0 bridgehead atoms. The Labute approximate surface area is 71.6 Å². The number of nitrogens with two attached hydrogens (primary N) is 2. The second kappa shape index (κ2) is 2.54. The third kappa shape index (κ3) is 0.953. The fraction of sp³-hybridized carbons (Fsp3) is 0. The normalized spacial score (nSPS) is 10.4. The number of aromatic nitrogens is 3.